The molecule has 0 spiro atoms. The molecule has 0 saturated carbocycles. The van der Waals surface area contributed by atoms with Gasteiger partial charge < -0.3 is 9.47 Å². The van der Waals surface area contributed by atoms with Crippen molar-refractivity contribution in [2.45, 2.75) is 46.1 Å². The fraction of sp³-hybridized carbons (Fsp3) is 0.786. The molecule has 1 rings (SSSR count). The summed E-state index contributed by atoms with van der Waals surface area (Å²) in [6.07, 6.45) is 2.51. The first-order chi connectivity index (χ1) is 8.06. The van der Waals surface area contributed by atoms with Crippen molar-refractivity contribution in [2.24, 2.45) is 5.92 Å². The summed E-state index contributed by atoms with van der Waals surface area (Å²) in [5.41, 5.74) is 2.06. The lowest BCUT2D eigenvalue weighted by Crippen LogP contribution is -2.18. The third kappa shape index (κ3) is 4.25. The van der Waals surface area contributed by atoms with E-state index >= 15 is 0 Å². The van der Waals surface area contributed by atoms with Crippen LogP contribution in [0.2, 0.25) is 0 Å². The van der Waals surface area contributed by atoms with E-state index in [0.717, 1.165) is 31.4 Å². The average Bonchev–Trinajstić information content (AvgIpc) is 2.60. The van der Waals surface area contributed by atoms with E-state index in [1.165, 1.54) is 5.57 Å². The second kappa shape index (κ2) is 6.92. The predicted octanol–water partition coefficient (Wildman–Crippen LogP) is 2.74. The molecule has 1 fully saturated rings. The topological polar surface area (TPSA) is 35.5 Å². The molecule has 1 heterocycles. The summed E-state index contributed by atoms with van der Waals surface area (Å²) in [5, 5.41) is 0. The van der Waals surface area contributed by atoms with Crippen LogP contribution < -0.4 is 0 Å². The van der Waals surface area contributed by atoms with Crippen molar-refractivity contribution in [2.75, 3.05) is 20.3 Å². The van der Waals surface area contributed by atoms with Crippen LogP contribution in [0.1, 0.15) is 40.0 Å². The van der Waals surface area contributed by atoms with Gasteiger partial charge in [-0.1, -0.05) is 19.4 Å². The molecule has 0 aliphatic carbocycles. The van der Waals surface area contributed by atoms with Gasteiger partial charge in [-0.05, 0) is 32.1 Å². The van der Waals surface area contributed by atoms with Crippen LogP contribution in [0.25, 0.3) is 0 Å². The highest BCUT2D eigenvalue weighted by atomic mass is 16.5. The van der Waals surface area contributed by atoms with E-state index in [0.29, 0.717) is 12.5 Å². The van der Waals surface area contributed by atoms with E-state index < -0.39 is 0 Å². The lowest BCUT2D eigenvalue weighted by molar-refractivity contribution is -0.121. The summed E-state index contributed by atoms with van der Waals surface area (Å²) in [4.78, 5) is 12.1. The van der Waals surface area contributed by atoms with Crippen LogP contribution in [-0.4, -0.2) is 32.2 Å². The Bertz CT molecular complexity index is 292. The van der Waals surface area contributed by atoms with Crippen molar-refractivity contribution >= 4 is 5.78 Å². The van der Waals surface area contributed by atoms with Crippen LogP contribution in [0.4, 0.5) is 0 Å². The molecule has 1 aliphatic heterocycles. The molecule has 3 nitrogen and oxygen atoms in total. The van der Waals surface area contributed by atoms with Gasteiger partial charge in [0.1, 0.15) is 6.10 Å². The van der Waals surface area contributed by atoms with Crippen LogP contribution in [0.15, 0.2) is 11.1 Å². The fourth-order valence-corrected chi connectivity index (χ4v) is 2.09. The summed E-state index contributed by atoms with van der Waals surface area (Å²) in [6, 6.07) is 0. The molecule has 3 heteroatoms. The molecule has 98 valence electrons. The van der Waals surface area contributed by atoms with Gasteiger partial charge in [-0.25, -0.2) is 0 Å². The van der Waals surface area contributed by atoms with Gasteiger partial charge in [-0.15, -0.1) is 0 Å². The smallest absolute Gasteiger partial charge is 0.189 e. The minimum atomic E-state index is -0.206. The molecule has 17 heavy (non-hydrogen) atoms. The summed E-state index contributed by atoms with van der Waals surface area (Å²) in [5.74, 6) is 0.700. The lowest BCUT2D eigenvalue weighted by atomic mass is 9.97. The molecule has 0 amide bonds. The van der Waals surface area contributed by atoms with E-state index in [-0.39, 0.29) is 11.9 Å². The first kappa shape index (κ1) is 14.4. The Labute approximate surface area is 104 Å². The quantitative estimate of drug-likeness (QED) is 0.529. The maximum atomic E-state index is 12.1. The molecule has 1 aliphatic rings. The number of ketones is 1. The summed E-state index contributed by atoms with van der Waals surface area (Å²) in [7, 11) is 1.70. The fourth-order valence-electron chi connectivity index (χ4n) is 2.09. The minimum absolute atomic E-state index is 0.202. The molecule has 0 aromatic rings. The maximum absolute atomic E-state index is 12.1. The second-order valence-corrected chi connectivity index (χ2v) is 5.15. The van der Waals surface area contributed by atoms with Crippen molar-refractivity contribution in [3.8, 4) is 0 Å². The van der Waals surface area contributed by atoms with Gasteiger partial charge in [0.25, 0.3) is 0 Å². The zero-order valence-corrected chi connectivity index (χ0v) is 11.4. The highest BCUT2D eigenvalue weighted by molar-refractivity contribution is 6.01. The number of ether oxygens (including phenoxy) is 2. The van der Waals surface area contributed by atoms with Gasteiger partial charge >= 0.3 is 0 Å². The lowest BCUT2D eigenvalue weighted by Gasteiger charge is -2.09. The van der Waals surface area contributed by atoms with Crippen molar-refractivity contribution < 1.29 is 14.3 Å². The van der Waals surface area contributed by atoms with E-state index in [1.54, 1.807) is 7.11 Å². The summed E-state index contributed by atoms with van der Waals surface area (Å²) in [6.45, 7) is 7.50. The number of carbonyl (C=O) groups excluding carboxylic acids is 1. The van der Waals surface area contributed by atoms with Gasteiger partial charge in [0.2, 0.25) is 0 Å². The minimum Gasteiger partial charge on any atom is -0.385 e. The third-order valence-corrected chi connectivity index (χ3v) is 3.12. The van der Waals surface area contributed by atoms with E-state index in [1.807, 2.05) is 6.92 Å². The van der Waals surface area contributed by atoms with Gasteiger partial charge in [0, 0.05) is 19.3 Å². The Kier molecular flexibility index (Phi) is 5.86. The van der Waals surface area contributed by atoms with Crippen molar-refractivity contribution in [1.82, 2.24) is 0 Å². The van der Waals surface area contributed by atoms with E-state index in [2.05, 4.69) is 13.8 Å². The zero-order chi connectivity index (χ0) is 12.8. The first-order valence-electron chi connectivity index (χ1n) is 6.39. The Hall–Kier alpha value is -0.670. The van der Waals surface area contributed by atoms with Crippen molar-refractivity contribution in [3.63, 3.8) is 0 Å². The Morgan fingerprint density at radius 2 is 2.24 bits per heavy atom. The maximum Gasteiger partial charge on any atom is 0.189 e. The number of allylic oxidation sites excluding steroid dienone is 1. The van der Waals surface area contributed by atoms with Crippen LogP contribution >= 0.6 is 0 Å². The highest BCUT2D eigenvalue weighted by Crippen LogP contribution is 2.24. The predicted molar refractivity (Wildman–Crippen MR) is 68.0 cm³/mol. The van der Waals surface area contributed by atoms with Crippen LogP contribution in [0, 0.1) is 5.92 Å². The van der Waals surface area contributed by atoms with E-state index in [4.69, 9.17) is 9.47 Å². The zero-order valence-electron chi connectivity index (χ0n) is 11.4. The molecule has 0 N–H and O–H groups in total. The molecular weight excluding hydrogens is 216 g/mol. The average molecular weight is 240 g/mol. The van der Waals surface area contributed by atoms with Gasteiger partial charge in [-0.2, -0.15) is 0 Å². The standard InChI is InChI=1S/C14H24O3/c1-10(2)8-13-14(15)12(9-17-13)11(3)6-5-7-16-4/h10,13H,5-9H2,1-4H3/b12-11-/t13-/m0/s1. The number of methoxy groups -OCH3 is 1. The monoisotopic (exact) mass is 240 g/mol. The van der Waals surface area contributed by atoms with Gasteiger partial charge in [-0.3, -0.25) is 4.79 Å². The first-order valence-corrected chi connectivity index (χ1v) is 6.39. The Morgan fingerprint density at radius 3 is 2.82 bits per heavy atom. The molecule has 0 bridgehead atoms. The molecule has 1 saturated heterocycles. The normalized spacial score (nSPS) is 23.6. The summed E-state index contributed by atoms with van der Waals surface area (Å²) >= 11 is 0. The van der Waals surface area contributed by atoms with Crippen LogP contribution in [0.5, 0.6) is 0 Å². The third-order valence-electron chi connectivity index (χ3n) is 3.12. The number of Topliss-reactive ketones (excluding diaryl/α,β-unsaturated/α-hetero) is 1. The molecular formula is C14H24O3. The molecule has 1 atom stereocenters. The molecule has 0 aromatic carbocycles. The molecule has 0 radical (unpaired) electrons. The second-order valence-electron chi connectivity index (χ2n) is 5.15. The SMILES string of the molecule is COCCC/C(C)=C1/CO[C@@H](CC(C)C)C1=O. The van der Waals surface area contributed by atoms with Gasteiger partial charge in [0.05, 0.1) is 6.61 Å². The largest absolute Gasteiger partial charge is 0.385 e. The van der Waals surface area contributed by atoms with Crippen LogP contribution in [-0.2, 0) is 14.3 Å². The summed E-state index contributed by atoms with van der Waals surface area (Å²) < 4.78 is 10.6. The molecule has 0 unspecified atom stereocenters. The van der Waals surface area contributed by atoms with Gasteiger partial charge in [0.15, 0.2) is 5.78 Å². The number of carbonyl (C=O) groups is 1. The highest BCUT2D eigenvalue weighted by Gasteiger charge is 2.31. The van der Waals surface area contributed by atoms with Crippen molar-refractivity contribution in [1.29, 1.82) is 0 Å². The number of hydrogen-bond acceptors (Lipinski definition) is 3. The van der Waals surface area contributed by atoms with Crippen LogP contribution in [0.3, 0.4) is 0 Å². The number of hydrogen-bond donors (Lipinski definition) is 0. The van der Waals surface area contributed by atoms with E-state index in [9.17, 15) is 4.79 Å². The Morgan fingerprint density at radius 1 is 1.53 bits per heavy atom. The molecule has 0 aromatic heterocycles. The van der Waals surface area contributed by atoms with Crippen molar-refractivity contribution in [3.05, 3.63) is 11.1 Å². The number of rotatable bonds is 6. The Balaban J connectivity index is 2.55.